The third-order valence-corrected chi connectivity index (χ3v) is 4.06. The lowest BCUT2D eigenvalue weighted by Crippen LogP contribution is -2.39. The number of guanidine groups is 1. The van der Waals surface area contributed by atoms with E-state index >= 15 is 0 Å². The maximum Gasteiger partial charge on any atom is 0.226 e. The number of aryl methyl sites for hydroxylation is 1. The summed E-state index contributed by atoms with van der Waals surface area (Å²) in [5.74, 6) is -0.284. The van der Waals surface area contributed by atoms with E-state index in [1.54, 1.807) is 13.3 Å². The van der Waals surface area contributed by atoms with Gasteiger partial charge in [-0.05, 0) is 31.2 Å². The van der Waals surface area contributed by atoms with Gasteiger partial charge >= 0.3 is 0 Å². The fourth-order valence-electron chi connectivity index (χ4n) is 2.53. The molecule has 1 aromatic heterocycles. The summed E-state index contributed by atoms with van der Waals surface area (Å²) in [5.41, 5.74) is 2.81. The van der Waals surface area contributed by atoms with Gasteiger partial charge in [0.15, 0.2) is 17.5 Å². The van der Waals surface area contributed by atoms with Crippen molar-refractivity contribution >= 4 is 5.96 Å². The zero-order valence-corrected chi connectivity index (χ0v) is 16.2. The second-order valence-electron chi connectivity index (χ2n) is 6.29. The summed E-state index contributed by atoms with van der Waals surface area (Å²) in [4.78, 5) is 8.57. The molecule has 0 aliphatic rings. The van der Waals surface area contributed by atoms with Crippen molar-refractivity contribution in [3.05, 3.63) is 71.6 Å². The number of oxazole rings is 1. The van der Waals surface area contributed by atoms with E-state index in [-0.39, 0.29) is 12.4 Å². The standard InChI is InChI=1S/C21H22F2N4O2/c1-14-3-5-15(6-4-14)20-27-17(13-29-20)12-26-21(24-2)25-9-10-28-19-8-7-16(22)11-18(19)23/h3-8,11,13H,9-10,12H2,1-2H3,(H2,24,25,26). The highest BCUT2D eigenvalue weighted by molar-refractivity contribution is 5.79. The van der Waals surface area contributed by atoms with Gasteiger partial charge in [0, 0.05) is 18.7 Å². The van der Waals surface area contributed by atoms with Crippen LogP contribution in [0.1, 0.15) is 11.3 Å². The topological polar surface area (TPSA) is 71.7 Å². The largest absolute Gasteiger partial charge is 0.489 e. The monoisotopic (exact) mass is 400 g/mol. The fourth-order valence-corrected chi connectivity index (χ4v) is 2.53. The maximum atomic E-state index is 13.5. The predicted molar refractivity (Wildman–Crippen MR) is 107 cm³/mol. The number of aliphatic imine (C=N–C) groups is 1. The van der Waals surface area contributed by atoms with Crippen molar-refractivity contribution in [2.45, 2.75) is 13.5 Å². The van der Waals surface area contributed by atoms with E-state index in [2.05, 4.69) is 20.6 Å². The number of nitrogens with one attached hydrogen (secondary N) is 2. The molecular formula is C21H22F2N4O2. The van der Waals surface area contributed by atoms with Gasteiger partial charge in [0.1, 0.15) is 18.7 Å². The van der Waals surface area contributed by atoms with E-state index in [9.17, 15) is 8.78 Å². The first kappa shape index (κ1) is 20.3. The Kier molecular flexibility index (Phi) is 6.78. The first-order valence-electron chi connectivity index (χ1n) is 9.09. The minimum atomic E-state index is -0.733. The zero-order chi connectivity index (χ0) is 20.6. The molecule has 0 fully saturated rings. The van der Waals surface area contributed by atoms with Gasteiger partial charge in [-0.2, -0.15) is 0 Å². The van der Waals surface area contributed by atoms with Crippen molar-refractivity contribution in [3.8, 4) is 17.2 Å². The van der Waals surface area contributed by atoms with Crippen molar-refractivity contribution in [2.75, 3.05) is 20.2 Å². The third kappa shape index (κ3) is 5.78. The molecule has 3 rings (SSSR count). The molecule has 0 aliphatic heterocycles. The highest BCUT2D eigenvalue weighted by atomic mass is 19.1. The molecule has 29 heavy (non-hydrogen) atoms. The van der Waals surface area contributed by atoms with Gasteiger partial charge in [0.2, 0.25) is 5.89 Å². The molecule has 0 spiro atoms. The normalized spacial score (nSPS) is 11.4. The molecule has 8 heteroatoms. The van der Waals surface area contributed by atoms with Crippen molar-refractivity contribution in [1.82, 2.24) is 15.6 Å². The van der Waals surface area contributed by atoms with Gasteiger partial charge in [-0.1, -0.05) is 17.7 Å². The smallest absolute Gasteiger partial charge is 0.226 e. The molecular weight excluding hydrogens is 378 g/mol. The lowest BCUT2D eigenvalue weighted by Gasteiger charge is -2.12. The molecule has 2 N–H and O–H groups in total. The zero-order valence-electron chi connectivity index (χ0n) is 16.2. The molecule has 0 unspecified atom stereocenters. The molecule has 0 radical (unpaired) electrons. The molecule has 0 atom stereocenters. The van der Waals surface area contributed by atoms with E-state index < -0.39 is 11.6 Å². The Labute approximate surface area is 167 Å². The molecule has 152 valence electrons. The van der Waals surface area contributed by atoms with Crippen LogP contribution in [0.5, 0.6) is 5.75 Å². The number of ether oxygens (including phenoxy) is 1. The van der Waals surface area contributed by atoms with Crippen LogP contribution in [-0.4, -0.2) is 31.1 Å². The highest BCUT2D eigenvalue weighted by Gasteiger charge is 2.08. The quantitative estimate of drug-likeness (QED) is 0.360. The van der Waals surface area contributed by atoms with Crippen LogP contribution in [0, 0.1) is 18.6 Å². The molecule has 0 saturated carbocycles. The minimum Gasteiger partial charge on any atom is -0.489 e. The summed E-state index contributed by atoms with van der Waals surface area (Å²) >= 11 is 0. The van der Waals surface area contributed by atoms with Gasteiger partial charge in [-0.3, -0.25) is 4.99 Å². The number of rotatable bonds is 7. The number of nitrogens with zero attached hydrogens (tertiary/aromatic N) is 2. The summed E-state index contributed by atoms with van der Waals surface area (Å²) in [6, 6.07) is 11.1. The van der Waals surface area contributed by atoms with Crippen LogP contribution >= 0.6 is 0 Å². The van der Waals surface area contributed by atoms with Crippen LogP contribution in [0.25, 0.3) is 11.5 Å². The predicted octanol–water partition coefficient (Wildman–Crippen LogP) is 3.67. The highest BCUT2D eigenvalue weighted by Crippen LogP contribution is 2.19. The summed E-state index contributed by atoms with van der Waals surface area (Å²) in [6.07, 6.45) is 1.59. The van der Waals surface area contributed by atoms with Crippen LogP contribution in [-0.2, 0) is 6.54 Å². The maximum absolute atomic E-state index is 13.5. The molecule has 0 saturated heterocycles. The Balaban J connectivity index is 1.44. The van der Waals surface area contributed by atoms with E-state index in [0.29, 0.717) is 24.9 Å². The molecule has 6 nitrogen and oxygen atoms in total. The summed E-state index contributed by atoms with van der Waals surface area (Å²) in [7, 11) is 1.64. The molecule has 1 heterocycles. The van der Waals surface area contributed by atoms with Crippen LogP contribution in [0.15, 0.2) is 58.1 Å². The van der Waals surface area contributed by atoms with Crippen molar-refractivity contribution in [1.29, 1.82) is 0 Å². The van der Waals surface area contributed by atoms with Crippen LogP contribution in [0.3, 0.4) is 0 Å². The molecule has 2 aromatic carbocycles. The van der Waals surface area contributed by atoms with Crippen LogP contribution in [0.4, 0.5) is 8.78 Å². The second kappa shape index (κ2) is 9.68. The van der Waals surface area contributed by atoms with Crippen molar-refractivity contribution in [3.63, 3.8) is 0 Å². The number of aromatic nitrogens is 1. The number of hydrogen-bond donors (Lipinski definition) is 2. The van der Waals surface area contributed by atoms with E-state index in [0.717, 1.165) is 23.4 Å². The van der Waals surface area contributed by atoms with Gasteiger partial charge < -0.3 is 19.8 Å². The molecule has 0 bridgehead atoms. The lowest BCUT2D eigenvalue weighted by atomic mass is 10.1. The SMILES string of the molecule is CN=C(NCCOc1ccc(F)cc1F)NCc1coc(-c2ccc(C)cc2)n1. The Morgan fingerprint density at radius 2 is 1.93 bits per heavy atom. The minimum absolute atomic E-state index is 0.00220. The van der Waals surface area contributed by atoms with Crippen LogP contribution < -0.4 is 15.4 Å². The first-order chi connectivity index (χ1) is 14.0. The average Bonchev–Trinajstić information content (AvgIpc) is 3.18. The summed E-state index contributed by atoms with van der Waals surface area (Å²) < 4.78 is 37.2. The summed E-state index contributed by atoms with van der Waals surface area (Å²) in [5, 5.41) is 6.16. The van der Waals surface area contributed by atoms with Gasteiger partial charge in [-0.15, -0.1) is 0 Å². The Hall–Kier alpha value is -3.42. The molecule has 0 aliphatic carbocycles. The van der Waals surface area contributed by atoms with E-state index in [1.807, 2.05) is 31.2 Å². The Morgan fingerprint density at radius 3 is 2.66 bits per heavy atom. The van der Waals surface area contributed by atoms with E-state index in [4.69, 9.17) is 9.15 Å². The lowest BCUT2D eigenvalue weighted by molar-refractivity contribution is 0.304. The average molecular weight is 400 g/mol. The third-order valence-electron chi connectivity index (χ3n) is 4.06. The Morgan fingerprint density at radius 1 is 1.14 bits per heavy atom. The van der Waals surface area contributed by atoms with Gasteiger partial charge in [0.25, 0.3) is 0 Å². The Bertz CT molecular complexity index is 971. The summed E-state index contributed by atoms with van der Waals surface area (Å²) in [6.45, 7) is 3.01. The number of halogens is 2. The number of hydrogen-bond acceptors (Lipinski definition) is 4. The van der Waals surface area contributed by atoms with Crippen molar-refractivity contribution < 1.29 is 17.9 Å². The van der Waals surface area contributed by atoms with Crippen molar-refractivity contribution in [2.24, 2.45) is 4.99 Å². The second-order valence-corrected chi connectivity index (χ2v) is 6.29. The molecule has 3 aromatic rings. The first-order valence-corrected chi connectivity index (χ1v) is 9.09. The van der Waals surface area contributed by atoms with Gasteiger partial charge in [-0.25, -0.2) is 13.8 Å². The fraction of sp³-hybridized carbons (Fsp3) is 0.238. The number of benzene rings is 2. The van der Waals surface area contributed by atoms with Gasteiger partial charge in [0.05, 0.1) is 18.8 Å². The van der Waals surface area contributed by atoms with E-state index in [1.165, 1.54) is 11.6 Å². The van der Waals surface area contributed by atoms with Crippen LogP contribution in [0.2, 0.25) is 0 Å². The molecule has 0 amide bonds.